The van der Waals surface area contributed by atoms with Crippen LogP contribution in [0.15, 0.2) is 47.5 Å². The highest BCUT2D eigenvalue weighted by Gasteiger charge is 2.04. The number of carbonyl (C=O) groups is 1. The smallest absolute Gasteiger partial charge is 0.228 e. The van der Waals surface area contributed by atoms with Crippen molar-refractivity contribution in [3.8, 4) is 0 Å². The second kappa shape index (κ2) is 5.54. The number of hydrogen-bond acceptors (Lipinski definition) is 3. The van der Waals surface area contributed by atoms with Crippen LogP contribution < -0.4 is 5.32 Å². The molecule has 2 aromatic heterocycles. The van der Waals surface area contributed by atoms with Crippen LogP contribution in [0.3, 0.4) is 0 Å². The molecule has 2 rings (SSSR count). The molecule has 1 amide bonds. The molecule has 0 atom stereocenters. The number of anilines is 1. The molecule has 0 bridgehead atoms. The van der Waals surface area contributed by atoms with Gasteiger partial charge in [-0.1, -0.05) is 6.07 Å². The molecule has 4 nitrogen and oxygen atoms in total. The molecule has 1 N–H and O–H groups in total. The summed E-state index contributed by atoms with van der Waals surface area (Å²) in [6, 6.07) is 7.24. The van der Waals surface area contributed by atoms with Gasteiger partial charge in [0.2, 0.25) is 5.91 Å². The van der Waals surface area contributed by atoms with Gasteiger partial charge in [0.15, 0.2) is 0 Å². The molecule has 0 fully saturated rings. The van der Waals surface area contributed by atoms with Gasteiger partial charge in [0, 0.05) is 12.4 Å². The fraction of sp³-hybridized carbons (Fsp3) is 0.0833. The van der Waals surface area contributed by atoms with E-state index in [2.05, 4.69) is 31.2 Å². The van der Waals surface area contributed by atoms with Gasteiger partial charge >= 0.3 is 0 Å². The summed E-state index contributed by atoms with van der Waals surface area (Å²) in [5.74, 6) is -0.0814. The summed E-state index contributed by atoms with van der Waals surface area (Å²) in [4.78, 5) is 19.7. The molecule has 2 heterocycles. The number of carbonyl (C=O) groups excluding carboxylic acids is 1. The van der Waals surface area contributed by atoms with Crippen LogP contribution in [0.25, 0.3) is 0 Å². The number of nitrogens with one attached hydrogen (secondary N) is 1. The molecule has 86 valence electrons. The van der Waals surface area contributed by atoms with Crippen molar-refractivity contribution in [2.24, 2.45) is 0 Å². The van der Waals surface area contributed by atoms with Crippen LogP contribution in [0.2, 0.25) is 0 Å². The van der Waals surface area contributed by atoms with Crippen molar-refractivity contribution in [3.05, 3.63) is 53.0 Å². The quantitative estimate of drug-likeness (QED) is 0.884. The highest BCUT2D eigenvalue weighted by atomic mass is 79.9. The van der Waals surface area contributed by atoms with Crippen molar-refractivity contribution in [1.29, 1.82) is 0 Å². The molecule has 0 aliphatic carbocycles. The molecule has 0 aromatic carbocycles. The fourth-order valence-electron chi connectivity index (χ4n) is 1.34. The third-order valence-corrected chi connectivity index (χ3v) is 2.57. The van der Waals surface area contributed by atoms with E-state index in [9.17, 15) is 4.79 Å². The molecule has 0 radical (unpaired) electrons. The highest BCUT2D eigenvalue weighted by molar-refractivity contribution is 9.10. The molecule has 0 saturated heterocycles. The third-order valence-electron chi connectivity index (χ3n) is 2.10. The Kier molecular flexibility index (Phi) is 3.82. The van der Waals surface area contributed by atoms with E-state index in [-0.39, 0.29) is 5.91 Å². The second-order valence-corrected chi connectivity index (χ2v) is 4.27. The standard InChI is InChI=1S/C12H10BrN3O/c13-11-4-3-10(8-15-11)16-12(17)6-9-2-1-5-14-7-9/h1-5,7-8H,6H2,(H,16,17). The Morgan fingerprint density at radius 2 is 2.18 bits per heavy atom. The van der Waals surface area contributed by atoms with E-state index >= 15 is 0 Å². The van der Waals surface area contributed by atoms with Crippen LogP contribution >= 0.6 is 15.9 Å². The van der Waals surface area contributed by atoms with Crippen molar-refractivity contribution in [1.82, 2.24) is 9.97 Å². The number of amides is 1. The first-order chi connectivity index (χ1) is 8.24. The number of hydrogen-bond donors (Lipinski definition) is 1. The molecule has 0 aliphatic rings. The molecule has 2 aromatic rings. The van der Waals surface area contributed by atoms with E-state index in [1.165, 1.54) is 0 Å². The number of nitrogens with zero attached hydrogens (tertiary/aromatic N) is 2. The lowest BCUT2D eigenvalue weighted by molar-refractivity contribution is -0.115. The van der Waals surface area contributed by atoms with E-state index in [0.29, 0.717) is 12.1 Å². The summed E-state index contributed by atoms with van der Waals surface area (Å²) in [5, 5.41) is 2.77. The van der Waals surface area contributed by atoms with Gasteiger partial charge in [0.1, 0.15) is 4.60 Å². The zero-order valence-electron chi connectivity index (χ0n) is 8.93. The Hall–Kier alpha value is -1.75. The Morgan fingerprint density at radius 3 is 2.82 bits per heavy atom. The van der Waals surface area contributed by atoms with Crippen LogP contribution in [-0.2, 0) is 11.2 Å². The van der Waals surface area contributed by atoms with Crippen molar-refractivity contribution in [2.75, 3.05) is 5.32 Å². The van der Waals surface area contributed by atoms with Gasteiger partial charge in [0.25, 0.3) is 0 Å². The van der Waals surface area contributed by atoms with Gasteiger partial charge in [0.05, 0.1) is 18.3 Å². The summed E-state index contributed by atoms with van der Waals surface area (Å²) in [6.07, 6.45) is 5.27. The van der Waals surface area contributed by atoms with Gasteiger partial charge in [-0.3, -0.25) is 9.78 Å². The summed E-state index contributed by atoms with van der Waals surface area (Å²) < 4.78 is 0.739. The highest BCUT2D eigenvalue weighted by Crippen LogP contribution is 2.10. The van der Waals surface area contributed by atoms with E-state index in [1.807, 2.05) is 12.1 Å². The topological polar surface area (TPSA) is 54.9 Å². The Bertz CT molecular complexity index is 499. The van der Waals surface area contributed by atoms with Crippen LogP contribution in [0, 0.1) is 0 Å². The zero-order chi connectivity index (χ0) is 12.1. The molecular weight excluding hydrogens is 282 g/mol. The number of halogens is 1. The van der Waals surface area contributed by atoms with Crippen LogP contribution in [0.5, 0.6) is 0 Å². The summed E-state index contributed by atoms with van der Waals surface area (Å²) in [7, 11) is 0. The van der Waals surface area contributed by atoms with Gasteiger partial charge in [-0.05, 0) is 39.7 Å². The van der Waals surface area contributed by atoms with Crippen molar-refractivity contribution in [3.63, 3.8) is 0 Å². The van der Waals surface area contributed by atoms with Crippen molar-refractivity contribution < 1.29 is 4.79 Å². The number of pyridine rings is 2. The third kappa shape index (κ3) is 3.64. The second-order valence-electron chi connectivity index (χ2n) is 3.46. The number of aromatic nitrogens is 2. The largest absolute Gasteiger partial charge is 0.324 e. The van der Waals surface area contributed by atoms with Crippen LogP contribution in [0.1, 0.15) is 5.56 Å². The first-order valence-electron chi connectivity index (χ1n) is 5.04. The lowest BCUT2D eigenvalue weighted by Gasteiger charge is -2.04. The Morgan fingerprint density at radius 1 is 1.29 bits per heavy atom. The van der Waals surface area contributed by atoms with Gasteiger partial charge in [-0.2, -0.15) is 0 Å². The molecule has 5 heteroatoms. The van der Waals surface area contributed by atoms with Crippen molar-refractivity contribution in [2.45, 2.75) is 6.42 Å². The minimum absolute atomic E-state index is 0.0814. The maximum atomic E-state index is 11.7. The summed E-state index contributed by atoms with van der Waals surface area (Å²) >= 11 is 3.23. The van der Waals surface area contributed by atoms with Gasteiger partial charge < -0.3 is 5.32 Å². The van der Waals surface area contributed by atoms with Crippen molar-refractivity contribution >= 4 is 27.5 Å². The van der Waals surface area contributed by atoms with E-state index < -0.39 is 0 Å². The SMILES string of the molecule is O=C(Cc1cccnc1)Nc1ccc(Br)nc1. The predicted molar refractivity (Wildman–Crippen MR) is 68.5 cm³/mol. The monoisotopic (exact) mass is 291 g/mol. The maximum Gasteiger partial charge on any atom is 0.228 e. The predicted octanol–water partition coefficient (Wildman–Crippen LogP) is 2.42. The molecule has 0 unspecified atom stereocenters. The maximum absolute atomic E-state index is 11.7. The van der Waals surface area contributed by atoms with E-state index in [1.54, 1.807) is 30.7 Å². The minimum atomic E-state index is -0.0814. The molecular formula is C12H10BrN3O. The summed E-state index contributed by atoms with van der Waals surface area (Å²) in [6.45, 7) is 0. The van der Waals surface area contributed by atoms with Crippen LogP contribution in [-0.4, -0.2) is 15.9 Å². The lowest BCUT2D eigenvalue weighted by atomic mass is 10.2. The Balaban J connectivity index is 1.96. The van der Waals surface area contributed by atoms with Gasteiger partial charge in [-0.25, -0.2) is 4.98 Å². The van der Waals surface area contributed by atoms with Crippen LogP contribution in [0.4, 0.5) is 5.69 Å². The summed E-state index contributed by atoms with van der Waals surface area (Å²) in [5.41, 5.74) is 1.57. The number of rotatable bonds is 3. The van der Waals surface area contributed by atoms with E-state index in [0.717, 1.165) is 10.2 Å². The first kappa shape index (κ1) is 11.7. The first-order valence-corrected chi connectivity index (χ1v) is 5.83. The van der Waals surface area contributed by atoms with E-state index in [4.69, 9.17) is 0 Å². The van der Waals surface area contributed by atoms with Gasteiger partial charge in [-0.15, -0.1) is 0 Å². The molecule has 0 spiro atoms. The minimum Gasteiger partial charge on any atom is -0.324 e. The molecule has 0 saturated carbocycles. The fourth-order valence-corrected chi connectivity index (χ4v) is 1.58. The average molecular weight is 292 g/mol. The zero-order valence-corrected chi connectivity index (χ0v) is 10.5. The Labute approximate surface area is 107 Å². The normalized spacial score (nSPS) is 9.94. The lowest BCUT2D eigenvalue weighted by Crippen LogP contribution is -2.14. The molecule has 17 heavy (non-hydrogen) atoms. The molecule has 0 aliphatic heterocycles. The average Bonchev–Trinajstić information content (AvgIpc) is 2.33.